The van der Waals surface area contributed by atoms with Gasteiger partial charge in [0.15, 0.2) is 0 Å². The maximum absolute atomic E-state index is 12.1. The lowest BCUT2D eigenvalue weighted by Crippen LogP contribution is -2.49. The van der Waals surface area contributed by atoms with E-state index in [-0.39, 0.29) is 11.9 Å². The Balaban J connectivity index is 2.26. The summed E-state index contributed by atoms with van der Waals surface area (Å²) in [6.07, 6.45) is 5.75. The average Bonchev–Trinajstić information content (AvgIpc) is 2.53. The summed E-state index contributed by atoms with van der Waals surface area (Å²) in [5.74, 6) is 1.44. The lowest BCUT2D eigenvalue weighted by molar-refractivity contribution is -0.122. The van der Waals surface area contributed by atoms with Crippen LogP contribution < -0.4 is 15.5 Å². The minimum absolute atomic E-state index is 0.0447. The van der Waals surface area contributed by atoms with Crippen molar-refractivity contribution in [3.05, 3.63) is 10.7 Å². The number of likely N-dealkylation sites (N-methyl/N-ethyl adjacent to an activating group) is 1. The first kappa shape index (κ1) is 16.0. The van der Waals surface area contributed by atoms with Crippen molar-refractivity contribution >= 4 is 33.6 Å². The van der Waals surface area contributed by atoms with Gasteiger partial charge in [0, 0.05) is 26.3 Å². The maximum atomic E-state index is 12.1. The van der Waals surface area contributed by atoms with Gasteiger partial charge < -0.3 is 15.5 Å². The second-order valence-electron chi connectivity index (χ2n) is 5.11. The van der Waals surface area contributed by atoms with Crippen LogP contribution in [0.25, 0.3) is 0 Å². The van der Waals surface area contributed by atoms with Crippen LogP contribution in [-0.4, -0.2) is 42.1 Å². The molecule has 7 heteroatoms. The molecule has 1 saturated heterocycles. The average molecular weight is 356 g/mol. The van der Waals surface area contributed by atoms with Crippen molar-refractivity contribution in [1.29, 1.82) is 0 Å². The Kier molecular flexibility index (Phi) is 5.78. The fourth-order valence-electron chi connectivity index (χ4n) is 2.51. The summed E-state index contributed by atoms with van der Waals surface area (Å²) in [5, 5.41) is 5.94. The van der Waals surface area contributed by atoms with Gasteiger partial charge in [0.2, 0.25) is 11.9 Å². The quantitative estimate of drug-likeness (QED) is 0.846. The first-order chi connectivity index (χ1) is 10.2. The SMILES string of the molecule is CCCNc1ncc(Br)c(N2CCCCC2C(=O)NC)n1. The van der Waals surface area contributed by atoms with E-state index in [2.05, 4.69) is 48.4 Å². The van der Waals surface area contributed by atoms with Crippen molar-refractivity contribution in [3.63, 3.8) is 0 Å². The van der Waals surface area contributed by atoms with E-state index in [1.54, 1.807) is 13.2 Å². The molecular weight excluding hydrogens is 334 g/mol. The molecule has 1 aromatic rings. The lowest BCUT2D eigenvalue weighted by Gasteiger charge is -2.35. The number of piperidine rings is 1. The molecule has 6 nitrogen and oxygen atoms in total. The van der Waals surface area contributed by atoms with Gasteiger partial charge in [-0.25, -0.2) is 4.98 Å². The van der Waals surface area contributed by atoms with Crippen LogP contribution in [0.5, 0.6) is 0 Å². The predicted molar refractivity (Wildman–Crippen MR) is 87.6 cm³/mol. The molecule has 116 valence electrons. The minimum atomic E-state index is -0.158. The molecule has 0 aliphatic carbocycles. The van der Waals surface area contributed by atoms with Crippen molar-refractivity contribution in [1.82, 2.24) is 15.3 Å². The zero-order chi connectivity index (χ0) is 15.2. The molecule has 1 unspecified atom stereocenters. The maximum Gasteiger partial charge on any atom is 0.242 e. The van der Waals surface area contributed by atoms with E-state index in [0.717, 1.165) is 49.1 Å². The monoisotopic (exact) mass is 355 g/mol. The fraction of sp³-hybridized carbons (Fsp3) is 0.643. The predicted octanol–water partition coefficient (Wildman–Crippen LogP) is 2.17. The minimum Gasteiger partial charge on any atom is -0.357 e. The highest BCUT2D eigenvalue weighted by Crippen LogP contribution is 2.30. The molecule has 1 aromatic heterocycles. The van der Waals surface area contributed by atoms with E-state index in [0.29, 0.717) is 5.95 Å². The summed E-state index contributed by atoms with van der Waals surface area (Å²) >= 11 is 3.51. The molecule has 0 radical (unpaired) electrons. The van der Waals surface area contributed by atoms with E-state index >= 15 is 0 Å². The summed E-state index contributed by atoms with van der Waals surface area (Å²) in [7, 11) is 1.68. The Hall–Kier alpha value is -1.37. The van der Waals surface area contributed by atoms with Gasteiger partial charge in [-0.3, -0.25) is 4.79 Å². The zero-order valence-electron chi connectivity index (χ0n) is 12.5. The number of aromatic nitrogens is 2. The van der Waals surface area contributed by atoms with Gasteiger partial charge in [-0.15, -0.1) is 0 Å². The molecule has 2 heterocycles. The number of nitrogens with one attached hydrogen (secondary N) is 2. The van der Waals surface area contributed by atoms with Crippen LogP contribution >= 0.6 is 15.9 Å². The highest BCUT2D eigenvalue weighted by Gasteiger charge is 2.30. The molecule has 1 fully saturated rings. The molecule has 1 amide bonds. The van der Waals surface area contributed by atoms with E-state index in [1.165, 1.54) is 0 Å². The first-order valence-corrected chi connectivity index (χ1v) is 8.21. The van der Waals surface area contributed by atoms with Gasteiger partial charge >= 0.3 is 0 Å². The zero-order valence-corrected chi connectivity index (χ0v) is 14.1. The highest BCUT2D eigenvalue weighted by atomic mass is 79.9. The van der Waals surface area contributed by atoms with Crippen LogP contribution in [0.15, 0.2) is 10.7 Å². The summed E-state index contributed by atoms with van der Waals surface area (Å²) in [6, 6.07) is -0.158. The summed E-state index contributed by atoms with van der Waals surface area (Å²) < 4.78 is 0.820. The van der Waals surface area contributed by atoms with Crippen molar-refractivity contribution in [2.24, 2.45) is 0 Å². The number of carbonyl (C=O) groups excluding carboxylic acids is 1. The van der Waals surface area contributed by atoms with Crippen molar-refractivity contribution in [3.8, 4) is 0 Å². The van der Waals surface area contributed by atoms with Gasteiger partial charge in [0.25, 0.3) is 0 Å². The third-order valence-electron chi connectivity index (χ3n) is 3.58. The van der Waals surface area contributed by atoms with E-state index in [4.69, 9.17) is 0 Å². The van der Waals surface area contributed by atoms with Gasteiger partial charge in [-0.1, -0.05) is 6.92 Å². The Labute approximate surface area is 133 Å². The molecule has 1 aliphatic heterocycles. The Morgan fingerprint density at radius 2 is 2.33 bits per heavy atom. The summed E-state index contributed by atoms with van der Waals surface area (Å²) in [5.41, 5.74) is 0. The van der Waals surface area contributed by atoms with E-state index in [9.17, 15) is 4.79 Å². The fourth-order valence-corrected chi connectivity index (χ4v) is 2.92. The molecule has 0 aromatic carbocycles. The normalized spacial score (nSPS) is 18.4. The smallest absolute Gasteiger partial charge is 0.242 e. The Bertz CT molecular complexity index is 496. The Morgan fingerprint density at radius 1 is 1.52 bits per heavy atom. The number of hydrogen-bond acceptors (Lipinski definition) is 5. The van der Waals surface area contributed by atoms with Crippen molar-refractivity contribution in [2.45, 2.75) is 38.6 Å². The standard InChI is InChI=1S/C14H22BrN5O/c1-3-7-17-14-18-9-10(15)12(19-14)20-8-5-4-6-11(20)13(21)16-2/h9,11H,3-8H2,1-2H3,(H,16,21)(H,17,18,19). The third kappa shape index (κ3) is 3.84. The summed E-state index contributed by atoms with van der Waals surface area (Å²) in [6.45, 7) is 3.76. The second-order valence-corrected chi connectivity index (χ2v) is 5.97. The van der Waals surface area contributed by atoms with Crippen LogP contribution in [0.4, 0.5) is 11.8 Å². The molecule has 0 saturated carbocycles. The van der Waals surface area contributed by atoms with E-state index in [1.807, 2.05) is 0 Å². The number of hydrogen-bond donors (Lipinski definition) is 2. The van der Waals surface area contributed by atoms with E-state index < -0.39 is 0 Å². The number of carbonyl (C=O) groups is 1. The molecular formula is C14H22BrN5O. The molecule has 0 bridgehead atoms. The number of amides is 1. The van der Waals surface area contributed by atoms with Crippen molar-refractivity contribution in [2.75, 3.05) is 30.4 Å². The molecule has 0 spiro atoms. The van der Waals surface area contributed by atoms with Crippen LogP contribution in [-0.2, 0) is 4.79 Å². The van der Waals surface area contributed by atoms with Crippen molar-refractivity contribution < 1.29 is 4.79 Å². The molecule has 1 atom stereocenters. The third-order valence-corrected chi connectivity index (χ3v) is 4.14. The number of nitrogens with zero attached hydrogens (tertiary/aromatic N) is 3. The number of anilines is 2. The van der Waals surface area contributed by atoms with Crippen LogP contribution in [0, 0.1) is 0 Å². The van der Waals surface area contributed by atoms with Gasteiger partial charge in [0.05, 0.1) is 4.47 Å². The highest BCUT2D eigenvalue weighted by molar-refractivity contribution is 9.10. The molecule has 2 N–H and O–H groups in total. The molecule has 2 rings (SSSR count). The van der Waals surface area contributed by atoms with Crippen LogP contribution in [0.1, 0.15) is 32.6 Å². The topological polar surface area (TPSA) is 70.2 Å². The first-order valence-electron chi connectivity index (χ1n) is 7.42. The van der Waals surface area contributed by atoms with Gasteiger partial charge in [-0.2, -0.15) is 4.98 Å². The largest absolute Gasteiger partial charge is 0.357 e. The number of halogens is 1. The summed E-state index contributed by atoms with van der Waals surface area (Å²) in [4.78, 5) is 23.0. The van der Waals surface area contributed by atoms with Crippen LogP contribution in [0.2, 0.25) is 0 Å². The number of rotatable bonds is 5. The lowest BCUT2D eigenvalue weighted by atomic mass is 10.0. The van der Waals surface area contributed by atoms with Gasteiger partial charge in [0.1, 0.15) is 11.9 Å². The van der Waals surface area contributed by atoms with Gasteiger partial charge in [-0.05, 0) is 41.6 Å². The second kappa shape index (κ2) is 7.59. The molecule has 1 aliphatic rings. The van der Waals surface area contributed by atoms with Crippen LogP contribution in [0.3, 0.4) is 0 Å². The molecule has 21 heavy (non-hydrogen) atoms. The Morgan fingerprint density at radius 3 is 3.05 bits per heavy atom.